The van der Waals surface area contributed by atoms with Crippen molar-refractivity contribution >= 4 is 11.7 Å². The molecule has 1 saturated heterocycles. The topological polar surface area (TPSA) is 58.1 Å². The molecule has 5 nitrogen and oxygen atoms in total. The molecule has 1 aromatic rings. The van der Waals surface area contributed by atoms with Crippen LogP contribution in [0.4, 0.5) is 5.82 Å². The van der Waals surface area contributed by atoms with Crippen LogP contribution >= 0.6 is 0 Å². The Bertz CT molecular complexity index is 433. The SMILES string of the molecule is O=C(NC1CC1)c1ccc(N2CCCCCC2)nn1. The summed E-state index contributed by atoms with van der Waals surface area (Å²) in [6.07, 6.45) is 7.20. The van der Waals surface area contributed by atoms with Gasteiger partial charge >= 0.3 is 0 Å². The predicted octanol–water partition coefficient (Wildman–Crippen LogP) is 1.75. The number of hydrogen-bond donors (Lipinski definition) is 1. The van der Waals surface area contributed by atoms with E-state index in [2.05, 4.69) is 20.4 Å². The number of nitrogens with one attached hydrogen (secondary N) is 1. The second-order valence-electron chi connectivity index (χ2n) is 5.43. The van der Waals surface area contributed by atoms with Gasteiger partial charge in [0.1, 0.15) is 0 Å². The van der Waals surface area contributed by atoms with Crippen LogP contribution in [0, 0.1) is 0 Å². The second-order valence-corrected chi connectivity index (χ2v) is 5.43. The molecule has 0 spiro atoms. The lowest BCUT2D eigenvalue weighted by Gasteiger charge is -2.20. The Kier molecular flexibility index (Phi) is 3.62. The van der Waals surface area contributed by atoms with Crippen molar-refractivity contribution in [3.05, 3.63) is 17.8 Å². The van der Waals surface area contributed by atoms with Gasteiger partial charge in [-0.05, 0) is 37.8 Å². The lowest BCUT2D eigenvalue weighted by molar-refractivity contribution is 0.0945. The van der Waals surface area contributed by atoms with Crippen LogP contribution in [0.25, 0.3) is 0 Å². The Labute approximate surface area is 113 Å². The standard InChI is InChI=1S/C14H20N4O/c19-14(15-11-5-6-11)12-7-8-13(17-16-12)18-9-3-1-2-4-10-18/h7-8,11H,1-6,9-10H2,(H,15,19). The number of amides is 1. The highest BCUT2D eigenvalue weighted by Crippen LogP contribution is 2.19. The van der Waals surface area contributed by atoms with Gasteiger partial charge in [-0.2, -0.15) is 0 Å². The van der Waals surface area contributed by atoms with Crippen LogP contribution in [0.2, 0.25) is 0 Å². The quantitative estimate of drug-likeness (QED) is 0.899. The molecule has 1 aromatic heterocycles. The van der Waals surface area contributed by atoms with Crippen LogP contribution in [0.3, 0.4) is 0 Å². The van der Waals surface area contributed by atoms with Gasteiger partial charge in [0.15, 0.2) is 11.5 Å². The van der Waals surface area contributed by atoms with E-state index in [0.29, 0.717) is 11.7 Å². The van der Waals surface area contributed by atoms with E-state index in [-0.39, 0.29) is 5.91 Å². The molecule has 0 unspecified atom stereocenters. The summed E-state index contributed by atoms with van der Waals surface area (Å²) in [5, 5.41) is 11.2. The third kappa shape index (κ3) is 3.22. The Hall–Kier alpha value is -1.65. The van der Waals surface area contributed by atoms with Gasteiger partial charge in [-0.25, -0.2) is 0 Å². The van der Waals surface area contributed by atoms with Crippen molar-refractivity contribution in [2.75, 3.05) is 18.0 Å². The fourth-order valence-electron chi connectivity index (χ4n) is 2.40. The Morgan fingerprint density at radius 3 is 2.42 bits per heavy atom. The van der Waals surface area contributed by atoms with E-state index in [0.717, 1.165) is 31.7 Å². The molecule has 0 atom stereocenters. The van der Waals surface area contributed by atoms with E-state index in [1.165, 1.54) is 25.7 Å². The molecular weight excluding hydrogens is 240 g/mol. The van der Waals surface area contributed by atoms with E-state index in [4.69, 9.17) is 0 Å². The molecule has 3 rings (SSSR count). The first-order valence-corrected chi connectivity index (χ1v) is 7.22. The highest BCUT2D eigenvalue weighted by Gasteiger charge is 2.24. The molecule has 2 heterocycles. The van der Waals surface area contributed by atoms with Crippen molar-refractivity contribution < 1.29 is 4.79 Å². The Balaban J connectivity index is 1.65. The molecule has 19 heavy (non-hydrogen) atoms. The monoisotopic (exact) mass is 260 g/mol. The maximum absolute atomic E-state index is 11.8. The minimum Gasteiger partial charge on any atom is -0.355 e. The molecule has 2 fully saturated rings. The number of aromatic nitrogens is 2. The summed E-state index contributed by atoms with van der Waals surface area (Å²) < 4.78 is 0. The van der Waals surface area contributed by atoms with Crippen LogP contribution in [0.1, 0.15) is 49.0 Å². The molecule has 5 heteroatoms. The molecule has 102 valence electrons. The van der Waals surface area contributed by atoms with Crippen LogP contribution in [0.5, 0.6) is 0 Å². The zero-order valence-corrected chi connectivity index (χ0v) is 11.1. The van der Waals surface area contributed by atoms with Crippen molar-refractivity contribution in [2.24, 2.45) is 0 Å². The van der Waals surface area contributed by atoms with Crippen molar-refractivity contribution in [3.63, 3.8) is 0 Å². The van der Waals surface area contributed by atoms with E-state index < -0.39 is 0 Å². The lowest BCUT2D eigenvalue weighted by atomic mass is 10.2. The predicted molar refractivity (Wildman–Crippen MR) is 73.2 cm³/mol. The van der Waals surface area contributed by atoms with E-state index in [1.54, 1.807) is 6.07 Å². The maximum atomic E-state index is 11.8. The first kappa shape index (κ1) is 12.4. The minimum atomic E-state index is -0.0996. The molecule has 1 aliphatic heterocycles. The van der Waals surface area contributed by atoms with Crippen molar-refractivity contribution in [1.82, 2.24) is 15.5 Å². The lowest BCUT2D eigenvalue weighted by Crippen LogP contribution is -2.28. The summed E-state index contributed by atoms with van der Waals surface area (Å²) in [6.45, 7) is 2.09. The summed E-state index contributed by atoms with van der Waals surface area (Å²) in [5.74, 6) is 0.794. The van der Waals surface area contributed by atoms with Crippen LogP contribution in [-0.2, 0) is 0 Å². The highest BCUT2D eigenvalue weighted by atomic mass is 16.2. The third-order valence-electron chi connectivity index (χ3n) is 3.73. The highest BCUT2D eigenvalue weighted by molar-refractivity contribution is 5.92. The normalized spacial score (nSPS) is 19.9. The van der Waals surface area contributed by atoms with Gasteiger partial charge in [0.25, 0.3) is 5.91 Å². The molecule has 0 radical (unpaired) electrons. The van der Waals surface area contributed by atoms with Gasteiger partial charge in [-0.15, -0.1) is 10.2 Å². The van der Waals surface area contributed by atoms with E-state index in [9.17, 15) is 4.79 Å². The molecular formula is C14H20N4O. The van der Waals surface area contributed by atoms with Gasteiger partial charge in [0, 0.05) is 19.1 Å². The minimum absolute atomic E-state index is 0.0996. The van der Waals surface area contributed by atoms with Crippen molar-refractivity contribution in [2.45, 2.75) is 44.6 Å². The second kappa shape index (κ2) is 5.55. The molecule has 0 bridgehead atoms. The summed E-state index contributed by atoms with van der Waals surface area (Å²) in [6, 6.07) is 4.06. The van der Waals surface area contributed by atoms with Crippen molar-refractivity contribution in [3.8, 4) is 0 Å². The Morgan fingerprint density at radius 1 is 1.11 bits per heavy atom. The van der Waals surface area contributed by atoms with Crippen LogP contribution in [0.15, 0.2) is 12.1 Å². The molecule has 1 amide bonds. The van der Waals surface area contributed by atoms with E-state index in [1.807, 2.05) is 6.07 Å². The third-order valence-corrected chi connectivity index (χ3v) is 3.73. The van der Waals surface area contributed by atoms with Gasteiger partial charge in [0.2, 0.25) is 0 Å². The number of carbonyl (C=O) groups is 1. The molecule has 1 saturated carbocycles. The zero-order chi connectivity index (χ0) is 13.1. The Morgan fingerprint density at radius 2 is 1.84 bits per heavy atom. The summed E-state index contributed by atoms with van der Waals surface area (Å²) in [5.41, 5.74) is 0.422. The number of rotatable bonds is 3. The fraction of sp³-hybridized carbons (Fsp3) is 0.643. The number of nitrogens with zero attached hydrogens (tertiary/aromatic N) is 3. The molecule has 0 aromatic carbocycles. The first-order valence-electron chi connectivity index (χ1n) is 7.22. The van der Waals surface area contributed by atoms with Crippen LogP contribution < -0.4 is 10.2 Å². The summed E-state index contributed by atoms with van der Waals surface area (Å²) in [7, 11) is 0. The van der Waals surface area contributed by atoms with Gasteiger partial charge < -0.3 is 10.2 Å². The first-order chi connectivity index (χ1) is 9.33. The van der Waals surface area contributed by atoms with Gasteiger partial charge in [0.05, 0.1) is 0 Å². The number of hydrogen-bond acceptors (Lipinski definition) is 4. The number of carbonyl (C=O) groups excluding carboxylic acids is 1. The zero-order valence-electron chi connectivity index (χ0n) is 11.1. The molecule has 1 N–H and O–H groups in total. The average Bonchev–Trinajstić information content (AvgIpc) is 3.25. The summed E-state index contributed by atoms with van der Waals surface area (Å²) in [4.78, 5) is 14.1. The van der Waals surface area contributed by atoms with Crippen molar-refractivity contribution in [1.29, 1.82) is 0 Å². The van der Waals surface area contributed by atoms with E-state index >= 15 is 0 Å². The van der Waals surface area contributed by atoms with Gasteiger partial charge in [-0.3, -0.25) is 4.79 Å². The maximum Gasteiger partial charge on any atom is 0.272 e. The molecule has 1 aliphatic carbocycles. The molecule has 2 aliphatic rings. The fourth-order valence-corrected chi connectivity index (χ4v) is 2.40. The van der Waals surface area contributed by atoms with Gasteiger partial charge in [-0.1, -0.05) is 12.8 Å². The largest absolute Gasteiger partial charge is 0.355 e. The summed E-state index contributed by atoms with van der Waals surface area (Å²) >= 11 is 0. The smallest absolute Gasteiger partial charge is 0.272 e. The average molecular weight is 260 g/mol. The van der Waals surface area contributed by atoms with Crippen LogP contribution in [-0.4, -0.2) is 35.2 Å². The number of anilines is 1.